The molecule has 29 heavy (non-hydrogen) atoms. The number of halogens is 1. The normalized spacial score (nSPS) is 12.4. The van der Waals surface area contributed by atoms with Gasteiger partial charge >= 0.3 is 0 Å². The highest BCUT2D eigenvalue weighted by Gasteiger charge is 2.35. The molecule has 0 saturated carbocycles. The van der Waals surface area contributed by atoms with Gasteiger partial charge < -0.3 is 15.8 Å². The maximum Gasteiger partial charge on any atom is 0.261 e. The first-order valence-corrected chi connectivity index (χ1v) is 9.29. The molecule has 0 aromatic heterocycles. The lowest BCUT2D eigenvalue weighted by atomic mass is 10.1. The van der Waals surface area contributed by atoms with Gasteiger partial charge in [-0.2, -0.15) is 0 Å². The number of ether oxygens (including phenoxy) is 1. The van der Waals surface area contributed by atoms with Crippen molar-refractivity contribution in [2.24, 2.45) is 5.73 Å². The number of carbonyl (C=O) groups excluding carboxylic acids is 3. The zero-order valence-corrected chi connectivity index (χ0v) is 17.0. The number of anilines is 1. The molecule has 0 saturated heterocycles. The molecule has 0 bridgehead atoms. The number of nitrogens with two attached hydrogens (primary N) is 1. The summed E-state index contributed by atoms with van der Waals surface area (Å²) in [6.45, 7) is 3.23. The predicted molar refractivity (Wildman–Crippen MR) is 113 cm³/mol. The average molecular weight is 418 g/mol. The van der Waals surface area contributed by atoms with Crippen LogP contribution in [0.15, 0.2) is 42.5 Å². The molecular formula is C21H24ClN3O4. The van der Waals surface area contributed by atoms with Gasteiger partial charge in [-0.25, -0.2) is 0 Å². The van der Waals surface area contributed by atoms with Gasteiger partial charge in [0.25, 0.3) is 17.7 Å². The second-order valence-corrected chi connectivity index (χ2v) is 6.49. The average Bonchev–Trinajstić information content (AvgIpc) is 2.95. The second-order valence-electron chi connectivity index (χ2n) is 6.49. The van der Waals surface area contributed by atoms with Crippen LogP contribution in [0.2, 0.25) is 0 Å². The van der Waals surface area contributed by atoms with Gasteiger partial charge in [0.2, 0.25) is 0 Å². The molecule has 1 aliphatic rings. The van der Waals surface area contributed by atoms with E-state index in [9.17, 15) is 14.4 Å². The van der Waals surface area contributed by atoms with Crippen LogP contribution in [0.1, 0.15) is 50.8 Å². The van der Waals surface area contributed by atoms with Crippen LogP contribution in [-0.4, -0.2) is 42.3 Å². The van der Waals surface area contributed by atoms with Gasteiger partial charge in [-0.15, -0.1) is 12.4 Å². The summed E-state index contributed by atoms with van der Waals surface area (Å²) in [5.74, 6) is -0.332. The van der Waals surface area contributed by atoms with E-state index in [4.69, 9.17) is 10.5 Å². The summed E-state index contributed by atoms with van der Waals surface area (Å²) in [6.07, 6.45) is 1.64. The number of imide groups is 1. The Morgan fingerprint density at radius 2 is 1.76 bits per heavy atom. The predicted octanol–water partition coefficient (Wildman–Crippen LogP) is 3.09. The Balaban J connectivity index is 0.00000300. The van der Waals surface area contributed by atoms with Crippen LogP contribution in [0.25, 0.3) is 0 Å². The molecule has 154 valence electrons. The molecule has 8 heteroatoms. The van der Waals surface area contributed by atoms with Crippen LogP contribution < -0.4 is 15.8 Å². The number of amides is 3. The first-order chi connectivity index (χ1) is 13.5. The van der Waals surface area contributed by atoms with Crippen LogP contribution in [0.4, 0.5) is 5.69 Å². The van der Waals surface area contributed by atoms with Crippen LogP contribution in [-0.2, 0) is 0 Å². The third-order valence-corrected chi connectivity index (χ3v) is 4.47. The quantitative estimate of drug-likeness (QED) is 0.642. The number of benzene rings is 2. The van der Waals surface area contributed by atoms with Crippen molar-refractivity contribution in [2.45, 2.75) is 19.8 Å². The maximum atomic E-state index is 12.5. The van der Waals surface area contributed by atoms with Crippen molar-refractivity contribution in [3.63, 3.8) is 0 Å². The van der Waals surface area contributed by atoms with Gasteiger partial charge in [-0.3, -0.25) is 19.3 Å². The Kier molecular flexibility index (Phi) is 7.75. The van der Waals surface area contributed by atoms with E-state index < -0.39 is 0 Å². The van der Waals surface area contributed by atoms with E-state index in [0.717, 1.165) is 12.8 Å². The highest BCUT2D eigenvalue weighted by Crippen LogP contribution is 2.25. The fraction of sp³-hybridized carbons (Fsp3) is 0.286. The van der Waals surface area contributed by atoms with Crippen molar-refractivity contribution < 1.29 is 19.1 Å². The van der Waals surface area contributed by atoms with E-state index >= 15 is 0 Å². The van der Waals surface area contributed by atoms with Gasteiger partial charge in [0.05, 0.1) is 11.1 Å². The summed E-state index contributed by atoms with van der Waals surface area (Å²) in [5, 5.41) is 2.78. The molecule has 7 nitrogen and oxygen atoms in total. The largest absolute Gasteiger partial charge is 0.492 e. The number of fused-ring (bicyclic) bond motifs is 1. The van der Waals surface area contributed by atoms with E-state index in [1.54, 1.807) is 36.4 Å². The molecule has 0 radical (unpaired) electrons. The van der Waals surface area contributed by atoms with Gasteiger partial charge in [0.15, 0.2) is 0 Å². The third-order valence-electron chi connectivity index (χ3n) is 4.47. The number of hydrogen-bond donors (Lipinski definition) is 2. The Hall–Kier alpha value is -2.90. The van der Waals surface area contributed by atoms with Crippen molar-refractivity contribution in [3.8, 4) is 5.75 Å². The third kappa shape index (κ3) is 4.93. The lowest BCUT2D eigenvalue weighted by molar-refractivity contribution is 0.0652. The zero-order valence-electron chi connectivity index (χ0n) is 16.1. The smallest absolute Gasteiger partial charge is 0.261 e. The van der Waals surface area contributed by atoms with Gasteiger partial charge in [0, 0.05) is 24.3 Å². The van der Waals surface area contributed by atoms with Crippen LogP contribution >= 0.6 is 12.4 Å². The van der Waals surface area contributed by atoms with Crippen molar-refractivity contribution in [2.75, 3.05) is 25.0 Å². The number of hydrogen-bond acceptors (Lipinski definition) is 5. The molecule has 1 aliphatic heterocycles. The summed E-state index contributed by atoms with van der Waals surface area (Å²) in [7, 11) is 0. The number of rotatable bonds is 8. The topological polar surface area (TPSA) is 102 Å². The summed E-state index contributed by atoms with van der Waals surface area (Å²) in [4.78, 5) is 38.7. The minimum absolute atomic E-state index is 0. The van der Waals surface area contributed by atoms with E-state index in [-0.39, 0.29) is 35.7 Å². The van der Waals surface area contributed by atoms with Gasteiger partial charge in [-0.05, 0) is 48.9 Å². The van der Waals surface area contributed by atoms with E-state index in [1.807, 2.05) is 6.92 Å². The Labute approximate surface area is 175 Å². The number of nitrogens with zero attached hydrogens (tertiary/aromatic N) is 1. The van der Waals surface area contributed by atoms with Crippen molar-refractivity contribution in [1.29, 1.82) is 0 Å². The SMILES string of the molecule is CCCCN1C(=O)c2ccc(C(=O)Nc3ccc(OCCN)cc3)cc2C1=O.Cl. The monoisotopic (exact) mass is 417 g/mol. The molecule has 3 N–H and O–H groups in total. The Morgan fingerprint density at radius 1 is 1.07 bits per heavy atom. The summed E-state index contributed by atoms with van der Waals surface area (Å²) < 4.78 is 5.40. The zero-order chi connectivity index (χ0) is 20.1. The lowest BCUT2D eigenvalue weighted by Gasteiger charge is -2.12. The fourth-order valence-electron chi connectivity index (χ4n) is 2.97. The lowest BCUT2D eigenvalue weighted by Crippen LogP contribution is -2.30. The fourth-order valence-corrected chi connectivity index (χ4v) is 2.97. The molecule has 3 amide bonds. The summed E-state index contributed by atoms with van der Waals surface area (Å²) in [5.41, 5.74) is 6.93. The number of nitrogens with one attached hydrogen (secondary N) is 1. The van der Waals surface area contributed by atoms with Crippen LogP contribution in [0.5, 0.6) is 5.75 Å². The minimum atomic E-state index is -0.356. The minimum Gasteiger partial charge on any atom is -0.492 e. The molecule has 0 aliphatic carbocycles. The molecule has 0 atom stereocenters. The molecule has 2 aromatic carbocycles. The summed E-state index contributed by atoms with van der Waals surface area (Å²) in [6, 6.07) is 11.5. The highest BCUT2D eigenvalue weighted by atomic mass is 35.5. The molecule has 1 heterocycles. The van der Waals surface area contributed by atoms with Crippen molar-refractivity contribution in [3.05, 3.63) is 59.2 Å². The van der Waals surface area contributed by atoms with E-state index in [1.165, 1.54) is 11.0 Å². The molecular weight excluding hydrogens is 394 g/mol. The summed E-state index contributed by atoms with van der Waals surface area (Å²) >= 11 is 0. The first kappa shape index (κ1) is 22.4. The van der Waals surface area contributed by atoms with Gasteiger partial charge in [-0.1, -0.05) is 13.3 Å². The van der Waals surface area contributed by atoms with Crippen LogP contribution in [0, 0.1) is 0 Å². The van der Waals surface area contributed by atoms with E-state index in [2.05, 4.69) is 5.32 Å². The standard InChI is InChI=1S/C21H23N3O4.ClH/c1-2-3-11-24-20(26)17-9-4-14(13-18(17)21(24)27)19(25)23-15-5-7-16(8-6-15)28-12-10-22;/h4-9,13H,2-3,10-12,22H2,1H3,(H,23,25);1H. The van der Waals surface area contributed by atoms with Crippen molar-refractivity contribution >= 4 is 35.8 Å². The van der Waals surface area contributed by atoms with Crippen molar-refractivity contribution in [1.82, 2.24) is 4.90 Å². The van der Waals surface area contributed by atoms with E-state index in [0.29, 0.717) is 42.3 Å². The Morgan fingerprint density at radius 3 is 2.41 bits per heavy atom. The molecule has 0 fully saturated rings. The molecule has 3 rings (SSSR count). The molecule has 0 spiro atoms. The number of carbonyl (C=O) groups is 3. The molecule has 0 unspecified atom stereocenters. The Bertz CT molecular complexity index is 899. The van der Waals surface area contributed by atoms with Gasteiger partial charge in [0.1, 0.15) is 12.4 Å². The maximum absolute atomic E-state index is 12.5. The second kappa shape index (κ2) is 10.0. The molecule has 2 aromatic rings. The number of unbranched alkanes of at least 4 members (excludes halogenated alkanes) is 1. The van der Waals surface area contributed by atoms with Crippen LogP contribution in [0.3, 0.4) is 0 Å². The first-order valence-electron chi connectivity index (χ1n) is 9.29. The highest BCUT2D eigenvalue weighted by molar-refractivity contribution is 6.22.